The Morgan fingerprint density at radius 1 is 1.25 bits per heavy atom. The highest BCUT2D eigenvalue weighted by Gasteiger charge is 2.14. The number of aliphatic imine (C=N–C) groups is 1. The highest BCUT2D eigenvalue weighted by atomic mass is 32.1. The van der Waals surface area contributed by atoms with Crippen LogP contribution < -0.4 is 0 Å². The Kier molecular flexibility index (Phi) is 4.19. The third-order valence-corrected chi connectivity index (χ3v) is 4.83. The van der Waals surface area contributed by atoms with Gasteiger partial charge in [0.05, 0.1) is 11.8 Å². The summed E-state index contributed by atoms with van der Waals surface area (Å²) in [6.45, 7) is 5.84. The topological polar surface area (TPSA) is 82.4 Å². The molecule has 6 heteroatoms. The molecular formula is C18H15N3O2S. The molecule has 0 aliphatic heterocycles. The van der Waals surface area contributed by atoms with Gasteiger partial charge in [0.2, 0.25) is 5.89 Å². The van der Waals surface area contributed by atoms with Gasteiger partial charge in [-0.1, -0.05) is 17.7 Å². The lowest BCUT2D eigenvalue weighted by molar-refractivity contribution is 0.337. The number of nitriles is 1. The molecule has 0 spiro atoms. The lowest BCUT2D eigenvalue weighted by Crippen LogP contribution is -1.83. The Bertz CT molecular complexity index is 960. The maximum absolute atomic E-state index is 9.93. The van der Waals surface area contributed by atoms with E-state index in [0.717, 1.165) is 21.6 Å². The number of nitrogens with zero attached hydrogens (tertiary/aromatic N) is 3. The molecule has 0 radical (unpaired) electrons. The molecule has 3 aromatic rings. The molecule has 24 heavy (non-hydrogen) atoms. The molecule has 0 saturated heterocycles. The molecule has 0 fully saturated rings. The number of hydrogen-bond donors (Lipinski definition) is 1. The zero-order valence-corrected chi connectivity index (χ0v) is 14.3. The van der Waals surface area contributed by atoms with Gasteiger partial charge in [-0.25, -0.2) is 9.98 Å². The van der Waals surface area contributed by atoms with E-state index in [2.05, 4.69) is 16.0 Å². The van der Waals surface area contributed by atoms with Crippen LogP contribution in [0.5, 0.6) is 5.95 Å². The van der Waals surface area contributed by atoms with Crippen molar-refractivity contribution >= 4 is 22.6 Å². The summed E-state index contributed by atoms with van der Waals surface area (Å²) in [5, 5.41) is 19.8. The van der Waals surface area contributed by atoms with Crippen LogP contribution in [0.1, 0.15) is 27.3 Å². The van der Waals surface area contributed by atoms with Crippen molar-refractivity contribution in [3.63, 3.8) is 0 Å². The number of aromatic hydroxyl groups is 1. The number of benzene rings is 1. The fourth-order valence-electron chi connectivity index (χ4n) is 2.18. The Hall–Kier alpha value is -2.91. The fourth-order valence-corrected chi connectivity index (χ4v) is 3.13. The van der Waals surface area contributed by atoms with Crippen molar-refractivity contribution in [1.82, 2.24) is 4.98 Å². The molecule has 0 aliphatic carbocycles. The highest BCUT2D eigenvalue weighted by Crippen LogP contribution is 2.34. The van der Waals surface area contributed by atoms with E-state index in [1.807, 2.05) is 45.0 Å². The van der Waals surface area contributed by atoms with E-state index in [0.29, 0.717) is 16.5 Å². The minimum Gasteiger partial charge on any atom is -0.479 e. The van der Waals surface area contributed by atoms with Gasteiger partial charge in [0, 0.05) is 10.4 Å². The smallest absolute Gasteiger partial charge is 0.312 e. The molecule has 2 aromatic heterocycles. The van der Waals surface area contributed by atoms with E-state index in [1.165, 1.54) is 17.6 Å². The third-order valence-electron chi connectivity index (χ3n) is 3.72. The van der Waals surface area contributed by atoms with Crippen LogP contribution in [0.3, 0.4) is 0 Å². The van der Waals surface area contributed by atoms with Crippen LogP contribution in [0.2, 0.25) is 0 Å². The van der Waals surface area contributed by atoms with Crippen LogP contribution in [0, 0.1) is 32.1 Å². The second-order valence-corrected chi connectivity index (χ2v) is 6.61. The first-order valence-electron chi connectivity index (χ1n) is 7.30. The quantitative estimate of drug-likeness (QED) is 0.705. The first-order valence-corrected chi connectivity index (χ1v) is 8.12. The van der Waals surface area contributed by atoms with Gasteiger partial charge < -0.3 is 9.52 Å². The predicted octanol–water partition coefficient (Wildman–Crippen LogP) is 4.66. The summed E-state index contributed by atoms with van der Waals surface area (Å²) in [7, 11) is 0. The molecule has 0 amide bonds. The van der Waals surface area contributed by atoms with Crippen molar-refractivity contribution in [2.24, 2.45) is 4.99 Å². The maximum atomic E-state index is 9.93. The van der Waals surface area contributed by atoms with Crippen molar-refractivity contribution in [1.29, 1.82) is 5.26 Å². The van der Waals surface area contributed by atoms with E-state index in [1.54, 1.807) is 0 Å². The summed E-state index contributed by atoms with van der Waals surface area (Å²) in [4.78, 5) is 9.61. The highest BCUT2D eigenvalue weighted by molar-refractivity contribution is 7.16. The molecule has 120 valence electrons. The SMILES string of the molecule is Cc1ccc(-c2nc(C=Nc3sc(C)c(C)c3C#N)c(O)o2)cc1. The molecule has 0 unspecified atom stereocenters. The van der Waals surface area contributed by atoms with Crippen LogP contribution in [-0.2, 0) is 0 Å². The van der Waals surface area contributed by atoms with Gasteiger partial charge in [0.15, 0.2) is 5.69 Å². The molecular weight excluding hydrogens is 322 g/mol. The van der Waals surface area contributed by atoms with Gasteiger partial charge in [-0.2, -0.15) is 5.26 Å². The van der Waals surface area contributed by atoms with Gasteiger partial charge in [-0.15, -0.1) is 11.3 Å². The van der Waals surface area contributed by atoms with Gasteiger partial charge in [0.1, 0.15) is 11.1 Å². The minimum atomic E-state index is -0.294. The number of hydrogen-bond acceptors (Lipinski definition) is 6. The lowest BCUT2D eigenvalue weighted by Gasteiger charge is -1.95. The Morgan fingerprint density at radius 3 is 2.62 bits per heavy atom. The molecule has 0 saturated carbocycles. The van der Waals surface area contributed by atoms with E-state index in [-0.39, 0.29) is 11.6 Å². The monoisotopic (exact) mass is 337 g/mol. The van der Waals surface area contributed by atoms with Crippen molar-refractivity contribution in [2.75, 3.05) is 0 Å². The van der Waals surface area contributed by atoms with E-state index in [4.69, 9.17) is 4.42 Å². The minimum absolute atomic E-state index is 0.234. The van der Waals surface area contributed by atoms with Crippen molar-refractivity contribution in [2.45, 2.75) is 20.8 Å². The first kappa shape index (κ1) is 16.0. The summed E-state index contributed by atoms with van der Waals surface area (Å²) >= 11 is 1.44. The van der Waals surface area contributed by atoms with Crippen molar-refractivity contribution < 1.29 is 9.52 Å². The van der Waals surface area contributed by atoms with Crippen LogP contribution in [0.25, 0.3) is 11.5 Å². The number of oxazole rings is 1. The summed E-state index contributed by atoms with van der Waals surface area (Å²) in [6, 6.07) is 9.81. The predicted molar refractivity (Wildman–Crippen MR) is 94.1 cm³/mol. The molecule has 0 atom stereocenters. The Balaban J connectivity index is 1.93. The van der Waals surface area contributed by atoms with E-state index >= 15 is 0 Å². The number of aryl methyl sites for hydroxylation is 2. The molecule has 3 rings (SSSR count). The standard InChI is InChI=1S/C18H15N3O2S/c1-10-4-6-13(7-5-10)16-21-15(18(22)23-16)9-20-17-14(8-19)11(2)12(3)24-17/h4-7,9,22H,1-3H3. The second kappa shape index (κ2) is 6.30. The number of aromatic nitrogens is 1. The molecule has 5 nitrogen and oxygen atoms in total. The van der Waals surface area contributed by atoms with E-state index in [9.17, 15) is 10.4 Å². The molecule has 1 N–H and O–H groups in total. The Labute approximate surface area is 143 Å². The van der Waals surface area contributed by atoms with Crippen molar-refractivity contribution in [3.8, 4) is 23.5 Å². The average molecular weight is 337 g/mol. The van der Waals surface area contributed by atoms with Gasteiger partial charge >= 0.3 is 5.95 Å². The number of thiophene rings is 1. The van der Waals surface area contributed by atoms with E-state index < -0.39 is 0 Å². The Morgan fingerprint density at radius 2 is 1.96 bits per heavy atom. The zero-order valence-electron chi connectivity index (χ0n) is 13.5. The second-order valence-electron chi connectivity index (χ2n) is 5.41. The third kappa shape index (κ3) is 2.94. The molecule has 2 heterocycles. The normalized spacial score (nSPS) is 11.1. The lowest BCUT2D eigenvalue weighted by atomic mass is 10.1. The summed E-state index contributed by atoms with van der Waals surface area (Å²) < 4.78 is 5.31. The summed E-state index contributed by atoms with van der Waals surface area (Å²) in [5.74, 6) is 0.0332. The largest absolute Gasteiger partial charge is 0.479 e. The average Bonchev–Trinajstić information content (AvgIpc) is 3.06. The molecule has 0 bridgehead atoms. The van der Waals surface area contributed by atoms with Crippen LogP contribution >= 0.6 is 11.3 Å². The summed E-state index contributed by atoms with van der Waals surface area (Å²) in [6.07, 6.45) is 1.42. The van der Waals surface area contributed by atoms with Gasteiger partial charge in [-0.05, 0) is 38.5 Å². The van der Waals surface area contributed by atoms with Crippen LogP contribution in [-0.4, -0.2) is 16.3 Å². The molecule has 1 aromatic carbocycles. The van der Waals surface area contributed by atoms with Gasteiger partial charge in [-0.3, -0.25) is 0 Å². The zero-order chi connectivity index (χ0) is 17.3. The first-order chi connectivity index (χ1) is 11.5. The fraction of sp³-hybridized carbons (Fsp3) is 0.167. The van der Waals surface area contributed by atoms with Crippen molar-refractivity contribution in [3.05, 3.63) is 51.5 Å². The van der Waals surface area contributed by atoms with Crippen LogP contribution in [0.4, 0.5) is 5.00 Å². The van der Waals surface area contributed by atoms with Crippen LogP contribution in [0.15, 0.2) is 33.7 Å². The number of rotatable bonds is 3. The molecule has 0 aliphatic rings. The maximum Gasteiger partial charge on any atom is 0.312 e. The summed E-state index contributed by atoms with van der Waals surface area (Å²) in [5.41, 5.74) is 3.62. The van der Waals surface area contributed by atoms with Gasteiger partial charge in [0.25, 0.3) is 0 Å².